The molecule has 0 bridgehead atoms. The van der Waals surface area contributed by atoms with E-state index in [0.717, 1.165) is 38.5 Å². The van der Waals surface area contributed by atoms with Crippen molar-refractivity contribution in [1.82, 2.24) is 4.90 Å². The van der Waals surface area contributed by atoms with Gasteiger partial charge >= 0.3 is 0 Å². The third-order valence-electron chi connectivity index (χ3n) is 5.72. The van der Waals surface area contributed by atoms with Gasteiger partial charge in [0, 0.05) is 11.6 Å². The Morgan fingerprint density at radius 2 is 1.77 bits per heavy atom. The first-order chi connectivity index (χ1) is 14.6. The Labute approximate surface area is 176 Å². The zero-order valence-corrected chi connectivity index (χ0v) is 17.1. The van der Waals surface area contributed by atoms with E-state index in [4.69, 9.17) is 4.74 Å². The number of para-hydroxylation sites is 2. The maximum atomic E-state index is 13.0. The van der Waals surface area contributed by atoms with Crippen LogP contribution in [0.15, 0.2) is 42.5 Å². The summed E-state index contributed by atoms with van der Waals surface area (Å²) in [6.45, 7) is 2.57. The highest BCUT2D eigenvalue weighted by Crippen LogP contribution is 2.32. The summed E-state index contributed by atoms with van der Waals surface area (Å²) >= 11 is 0. The average Bonchev–Trinajstić information content (AvgIpc) is 3.03. The van der Waals surface area contributed by atoms with Gasteiger partial charge in [0.15, 0.2) is 0 Å². The average molecular weight is 406 g/mol. The SMILES string of the molecule is CCCOc1ccccc1NC(=O)c1ccc2c(c1)C(=O)N(C1CCCCC1)C2=O. The molecule has 1 aliphatic heterocycles. The molecule has 2 aliphatic rings. The van der Waals surface area contributed by atoms with Crippen LogP contribution in [0, 0.1) is 0 Å². The monoisotopic (exact) mass is 406 g/mol. The lowest BCUT2D eigenvalue weighted by atomic mass is 9.94. The van der Waals surface area contributed by atoms with Gasteiger partial charge in [-0.25, -0.2) is 0 Å². The summed E-state index contributed by atoms with van der Waals surface area (Å²) in [6, 6.07) is 11.9. The van der Waals surface area contributed by atoms with Crippen molar-refractivity contribution in [2.45, 2.75) is 51.5 Å². The number of fused-ring (bicyclic) bond motifs is 1. The predicted molar refractivity (Wildman–Crippen MR) is 114 cm³/mol. The topological polar surface area (TPSA) is 75.7 Å². The number of nitrogens with one attached hydrogen (secondary N) is 1. The fourth-order valence-corrected chi connectivity index (χ4v) is 4.17. The van der Waals surface area contributed by atoms with Crippen molar-refractivity contribution >= 4 is 23.4 Å². The van der Waals surface area contributed by atoms with Crippen molar-refractivity contribution < 1.29 is 19.1 Å². The highest BCUT2D eigenvalue weighted by atomic mass is 16.5. The van der Waals surface area contributed by atoms with Crippen molar-refractivity contribution in [3.05, 3.63) is 59.2 Å². The molecule has 156 valence electrons. The van der Waals surface area contributed by atoms with Gasteiger partial charge in [-0.15, -0.1) is 0 Å². The number of rotatable bonds is 6. The van der Waals surface area contributed by atoms with E-state index < -0.39 is 0 Å². The van der Waals surface area contributed by atoms with Gasteiger partial charge in [-0.05, 0) is 49.6 Å². The number of hydrogen-bond donors (Lipinski definition) is 1. The molecule has 0 atom stereocenters. The van der Waals surface area contributed by atoms with Crippen molar-refractivity contribution in [3.63, 3.8) is 0 Å². The van der Waals surface area contributed by atoms with Gasteiger partial charge in [-0.2, -0.15) is 0 Å². The number of hydrogen-bond acceptors (Lipinski definition) is 4. The molecule has 2 aromatic carbocycles. The molecule has 0 unspecified atom stereocenters. The number of anilines is 1. The number of carbonyl (C=O) groups is 3. The molecule has 1 heterocycles. The molecule has 0 saturated heterocycles. The molecule has 1 N–H and O–H groups in total. The second kappa shape index (κ2) is 8.69. The first kappa shape index (κ1) is 20.1. The summed E-state index contributed by atoms with van der Waals surface area (Å²) < 4.78 is 5.69. The Morgan fingerprint density at radius 3 is 2.53 bits per heavy atom. The van der Waals surface area contributed by atoms with E-state index in [1.165, 1.54) is 11.0 Å². The summed E-state index contributed by atoms with van der Waals surface area (Å²) in [5, 5.41) is 2.85. The molecule has 1 aliphatic carbocycles. The van der Waals surface area contributed by atoms with Crippen molar-refractivity contribution in [1.29, 1.82) is 0 Å². The van der Waals surface area contributed by atoms with Crippen LogP contribution >= 0.6 is 0 Å². The molecular weight excluding hydrogens is 380 g/mol. The fraction of sp³-hybridized carbons (Fsp3) is 0.375. The van der Waals surface area contributed by atoms with Crippen molar-refractivity contribution in [2.75, 3.05) is 11.9 Å². The second-order valence-corrected chi connectivity index (χ2v) is 7.83. The third kappa shape index (κ3) is 3.82. The highest BCUT2D eigenvalue weighted by Gasteiger charge is 2.40. The zero-order chi connectivity index (χ0) is 21.1. The van der Waals surface area contributed by atoms with E-state index in [0.29, 0.717) is 34.7 Å². The molecule has 1 saturated carbocycles. The molecule has 0 aromatic heterocycles. The number of benzene rings is 2. The van der Waals surface area contributed by atoms with E-state index in [1.807, 2.05) is 19.1 Å². The minimum absolute atomic E-state index is 0.0361. The van der Waals surface area contributed by atoms with Crippen LogP contribution in [-0.2, 0) is 0 Å². The van der Waals surface area contributed by atoms with Gasteiger partial charge in [-0.3, -0.25) is 19.3 Å². The molecule has 3 amide bonds. The number of imide groups is 1. The van der Waals surface area contributed by atoms with Crippen LogP contribution in [-0.4, -0.2) is 35.3 Å². The smallest absolute Gasteiger partial charge is 0.261 e. The molecule has 0 spiro atoms. The number of ether oxygens (including phenoxy) is 1. The maximum absolute atomic E-state index is 13.0. The summed E-state index contributed by atoms with van der Waals surface area (Å²) in [5.74, 6) is -0.277. The minimum Gasteiger partial charge on any atom is -0.491 e. The van der Waals surface area contributed by atoms with Gasteiger partial charge in [0.2, 0.25) is 0 Å². The number of nitrogens with zero attached hydrogens (tertiary/aromatic N) is 1. The second-order valence-electron chi connectivity index (χ2n) is 7.83. The third-order valence-corrected chi connectivity index (χ3v) is 5.72. The summed E-state index contributed by atoms with van der Waals surface area (Å²) in [6.07, 6.45) is 5.78. The molecule has 30 heavy (non-hydrogen) atoms. The Morgan fingerprint density at radius 1 is 1.03 bits per heavy atom. The van der Waals surface area contributed by atoms with Crippen LogP contribution in [0.25, 0.3) is 0 Å². The van der Waals surface area contributed by atoms with Crippen molar-refractivity contribution in [2.24, 2.45) is 0 Å². The molecule has 2 aromatic rings. The van der Waals surface area contributed by atoms with E-state index in [2.05, 4.69) is 5.32 Å². The normalized spacial score (nSPS) is 16.5. The molecular formula is C24H26N2O4. The van der Waals surface area contributed by atoms with Crippen LogP contribution < -0.4 is 10.1 Å². The lowest BCUT2D eigenvalue weighted by molar-refractivity contribution is 0.0549. The molecule has 0 radical (unpaired) electrons. The zero-order valence-electron chi connectivity index (χ0n) is 17.1. The van der Waals surface area contributed by atoms with Crippen LogP contribution in [0.2, 0.25) is 0 Å². The quantitative estimate of drug-likeness (QED) is 0.708. The maximum Gasteiger partial charge on any atom is 0.261 e. The van der Waals surface area contributed by atoms with Crippen molar-refractivity contribution in [3.8, 4) is 5.75 Å². The van der Waals surface area contributed by atoms with Gasteiger partial charge in [0.25, 0.3) is 17.7 Å². The number of carbonyl (C=O) groups excluding carboxylic acids is 3. The summed E-state index contributed by atoms with van der Waals surface area (Å²) in [4.78, 5) is 40.0. The summed E-state index contributed by atoms with van der Waals surface area (Å²) in [5.41, 5.74) is 1.61. The Balaban J connectivity index is 1.54. The standard InChI is InChI=1S/C24H26N2O4/c1-2-14-30-21-11-7-6-10-20(21)25-22(27)16-12-13-18-19(15-16)24(29)26(23(18)28)17-8-4-3-5-9-17/h6-7,10-13,15,17H,2-5,8-9,14H2,1H3,(H,25,27). The first-order valence-corrected chi connectivity index (χ1v) is 10.6. The van der Waals surface area contributed by atoms with Gasteiger partial charge in [0.05, 0.1) is 23.4 Å². The lowest BCUT2D eigenvalue weighted by Gasteiger charge is -2.29. The predicted octanol–water partition coefficient (Wildman–Crippen LogP) is 4.66. The van der Waals surface area contributed by atoms with Gasteiger partial charge in [0.1, 0.15) is 5.75 Å². The fourth-order valence-electron chi connectivity index (χ4n) is 4.17. The van der Waals surface area contributed by atoms with Gasteiger partial charge in [-0.1, -0.05) is 38.3 Å². The molecule has 6 heteroatoms. The van der Waals surface area contributed by atoms with Crippen LogP contribution in [0.5, 0.6) is 5.75 Å². The van der Waals surface area contributed by atoms with E-state index in [1.54, 1.807) is 24.3 Å². The van der Waals surface area contributed by atoms with E-state index >= 15 is 0 Å². The largest absolute Gasteiger partial charge is 0.491 e. The molecule has 4 rings (SSSR count). The first-order valence-electron chi connectivity index (χ1n) is 10.6. The Hall–Kier alpha value is -3.15. The van der Waals surface area contributed by atoms with E-state index in [9.17, 15) is 14.4 Å². The summed E-state index contributed by atoms with van der Waals surface area (Å²) in [7, 11) is 0. The Bertz CT molecular complexity index is 979. The van der Waals surface area contributed by atoms with Crippen LogP contribution in [0.1, 0.15) is 76.5 Å². The molecule has 6 nitrogen and oxygen atoms in total. The Kier molecular flexibility index (Phi) is 5.84. The highest BCUT2D eigenvalue weighted by molar-refractivity contribution is 6.22. The van der Waals surface area contributed by atoms with Crippen LogP contribution in [0.4, 0.5) is 5.69 Å². The molecule has 1 fully saturated rings. The van der Waals surface area contributed by atoms with Gasteiger partial charge < -0.3 is 10.1 Å². The number of amides is 3. The lowest BCUT2D eigenvalue weighted by Crippen LogP contribution is -2.40. The minimum atomic E-state index is -0.346. The van der Waals surface area contributed by atoms with E-state index in [-0.39, 0.29) is 23.8 Å². The van der Waals surface area contributed by atoms with Crippen LogP contribution in [0.3, 0.4) is 0 Å².